The predicted octanol–water partition coefficient (Wildman–Crippen LogP) is 5.12. The molecule has 0 bridgehead atoms. The van der Waals surface area contributed by atoms with Crippen LogP contribution in [-0.4, -0.2) is 25.0 Å². The van der Waals surface area contributed by atoms with E-state index in [1.54, 1.807) is 30.3 Å². The van der Waals surface area contributed by atoms with Crippen molar-refractivity contribution in [3.8, 4) is 11.5 Å². The van der Waals surface area contributed by atoms with E-state index >= 15 is 0 Å². The van der Waals surface area contributed by atoms with Crippen molar-refractivity contribution in [1.29, 1.82) is 0 Å². The van der Waals surface area contributed by atoms with E-state index in [2.05, 4.69) is 31.4 Å². The van der Waals surface area contributed by atoms with Gasteiger partial charge >= 0.3 is 0 Å². The van der Waals surface area contributed by atoms with Crippen LogP contribution < -0.4 is 19.9 Å². The van der Waals surface area contributed by atoms with Gasteiger partial charge in [-0.15, -0.1) is 0 Å². The summed E-state index contributed by atoms with van der Waals surface area (Å²) < 4.78 is 11.5. The van der Waals surface area contributed by atoms with Gasteiger partial charge in [-0.25, -0.2) is 5.01 Å². The summed E-state index contributed by atoms with van der Waals surface area (Å²) in [6, 6.07) is 24.4. The zero-order chi connectivity index (χ0) is 23.9. The number of amides is 2. The van der Waals surface area contributed by atoms with Gasteiger partial charge in [-0.05, 0) is 65.9 Å². The van der Waals surface area contributed by atoms with Gasteiger partial charge in [0.05, 0.1) is 5.69 Å². The molecule has 6 nitrogen and oxygen atoms in total. The molecule has 1 unspecified atom stereocenters. The van der Waals surface area contributed by atoms with E-state index in [0.29, 0.717) is 30.6 Å². The van der Waals surface area contributed by atoms with Gasteiger partial charge in [-0.3, -0.25) is 15.0 Å². The van der Waals surface area contributed by atoms with E-state index in [9.17, 15) is 9.59 Å². The number of nitrogens with one attached hydrogen (secondary N) is 1. The monoisotopic (exact) mass is 456 g/mol. The van der Waals surface area contributed by atoms with Crippen molar-refractivity contribution in [2.24, 2.45) is 0 Å². The van der Waals surface area contributed by atoms with Gasteiger partial charge in [0.25, 0.3) is 11.8 Å². The van der Waals surface area contributed by atoms with E-state index in [4.69, 9.17) is 9.47 Å². The number of anilines is 1. The number of hydrogen-bond acceptors (Lipinski definition) is 4. The highest BCUT2D eigenvalue weighted by Gasteiger charge is 2.34. The van der Waals surface area contributed by atoms with E-state index < -0.39 is 5.91 Å². The largest absolute Gasteiger partial charge is 0.490 e. The third-order valence-corrected chi connectivity index (χ3v) is 5.78. The maximum Gasteiger partial charge on any atom is 0.282 e. The van der Waals surface area contributed by atoms with Gasteiger partial charge in [-0.2, -0.15) is 0 Å². The molecule has 1 N–H and O–H groups in total. The molecule has 4 rings (SSSR count). The molecule has 1 aliphatic heterocycles. The van der Waals surface area contributed by atoms with Gasteiger partial charge in [0.1, 0.15) is 30.3 Å². The third kappa shape index (κ3) is 5.46. The molecule has 0 radical (unpaired) electrons. The predicted molar refractivity (Wildman–Crippen MR) is 133 cm³/mol. The number of ether oxygens (including phenoxy) is 2. The standard InChI is InChI=1S/C28H28N2O4/c1-3-20(2)22-11-15-25(16-12-22)34-18-17-33-24-13-9-21(10-14-24)19-26-27(31)29-30(28(26)32)23-7-5-4-6-8-23/h4-16,19-20H,3,17-18H2,1-2H3,(H,29,31). The Kier molecular flexibility index (Phi) is 7.28. The van der Waals surface area contributed by atoms with Crippen LogP contribution in [0.4, 0.5) is 5.69 Å². The Balaban J connectivity index is 1.29. The second-order valence-corrected chi connectivity index (χ2v) is 8.12. The molecular weight excluding hydrogens is 428 g/mol. The summed E-state index contributed by atoms with van der Waals surface area (Å²) in [6.07, 6.45) is 2.69. The molecule has 0 spiro atoms. The highest BCUT2D eigenvalue weighted by atomic mass is 16.5. The Labute approximate surface area is 199 Å². The lowest BCUT2D eigenvalue weighted by Crippen LogP contribution is -2.35. The summed E-state index contributed by atoms with van der Waals surface area (Å²) in [4.78, 5) is 25.0. The highest BCUT2D eigenvalue weighted by molar-refractivity contribution is 6.31. The average Bonchev–Trinajstić information content (AvgIpc) is 3.16. The van der Waals surface area contributed by atoms with Crippen LogP contribution in [0.1, 0.15) is 37.3 Å². The summed E-state index contributed by atoms with van der Waals surface area (Å²) in [5.41, 5.74) is 5.35. The minimum absolute atomic E-state index is 0.0882. The summed E-state index contributed by atoms with van der Waals surface area (Å²) in [6.45, 7) is 5.23. The number of hydrogen-bond donors (Lipinski definition) is 1. The van der Waals surface area contributed by atoms with Crippen molar-refractivity contribution in [1.82, 2.24) is 5.43 Å². The lowest BCUT2D eigenvalue weighted by Gasteiger charge is -2.13. The summed E-state index contributed by atoms with van der Waals surface area (Å²) in [7, 11) is 0. The summed E-state index contributed by atoms with van der Waals surface area (Å²) in [5.74, 6) is 1.24. The van der Waals surface area contributed by atoms with Crippen molar-refractivity contribution in [2.75, 3.05) is 18.2 Å². The van der Waals surface area contributed by atoms with E-state index in [-0.39, 0.29) is 11.5 Å². The Morgan fingerprint density at radius 3 is 2.03 bits per heavy atom. The number of hydrazine groups is 1. The maximum absolute atomic E-state index is 12.7. The van der Waals surface area contributed by atoms with Gasteiger partial charge in [0, 0.05) is 0 Å². The van der Waals surface area contributed by atoms with E-state index in [1.807, 2.05) is 42.5 Å². The van der Waals surface area contributed by atoms with Crippen molar-refractivity contribution in [3.63, 3.8) is 0 Å². The van der Waals surface area contributed by atoms with Crippen LogP contribution in [0.25, 0.3) is 6.08 Å². The lowest BCUT2D eigenvalue weighted by molar-refractivity contribution is -0.117. The average molecular weight is 457 g/mol. The second-order valence-electron chi connectivity index (χ2n) is 8.12. The van der Waals surface area contributed by atoms with Gasteiger partial charge < -0.3 is 9.47 Å². The molecule has 3 aromatic carbocycles. The Morgan fingerprint density at radius 2 is 1.44 bits per heavy atom. The van der Waals surface area contributed by atoms with E-state index in [1.165, 1.54) is 10.6 Å². The molecule has 0 aliphatic carbocycles. The zero-order valence-corrected chi connectivity index (χ0v) is 19.4. The lowest BCUT2D eigenvalue weighted by atomic mass is 9.99. The number of rotatable bonds is 9. The van der Waals surface area contributed by atoms with Crippen LogP contribution in [0.15, 0.2) is 84.4 Å². The Bertz CT molecular complexity index is 1160. The number of carbonyl (C=O) groups excluding carboxylic acids is 2. The topological polar surface area (TPSA) is 67.9 Å². The molecule has 6 heteroatoms. The molecule has 0 saturated carbocycles. The molecule has 1 aliphatic rings. The summed E-state index contributed by atoms with van der Waals surface area (Å²) >= 11 is 0. The molecule has 174 valence electrons. The third-order valence-electron chi connectivity index (χ3n) is 5.78. The molecular formula is C28H28N2O4. The van der Waals surface area contributed by atoms with E-state index in [0.717, 1.165) is 17.7 Å². The molecule has 3 aromatic rings. The number of benzene rings is 3. The second kappa shape index (κ2) is 10.7. The van der Waals surface area contributed by atoms with Crippen LogP contribution in [0.2, 0.25) is 0 Å². The van der Waals surface area contributed by atoms with Crippen LogP contribution in [0.3, 0.4) is 0 Å². The quantitative estimate of drug-likeness (QED) is 0.276. The van der Waals surface area contributed by atoms with Gasteiger partial charge in [-0.1, -0.05) is 56.3 Å². The van der Waals surface area contributed by atoms with Crippen LogP contribution in [0.5, 0.6) is 11.5 Å². The first-order valence-electron chi connectivity index (χ1n) is 11.4. The van der Waals surface area contributed by atoms with Gasteiger partial charge in [0.2, 0.25) is 0 Å². The first-order valence-corrected chi connectivity index (χ1v) is 11.4. The van der Waals surface area contributed by atoms with Gasteiger partial charge in [0.15, 0.2) is 0 Å². The molecule has 1 atom stereocenters. The number of para-hydroxylation sites is 1. The molecule has 0 aromatic heterocycles. The molecule has 34 heavy (non-hydrogen) atoms. The maximum atomic E-state index is 12.7. The number of nitrogens with zero attached hydrogens (tertiary/aromatic N) is 1. The Hall–Kier alpha value is -4.06. The van der Waals surface area contributed by atoms with Crippen molar-refractivity contribution < 1.29 is 19.1 Å². The SMILES string of the molecule is CCC(C)c1ccc(OCCOc2ccc(C=C3C(=O)NN(c4ccccc4)C3=O)cc2)cc1. The van der Waals surface area contributed by atoms with Crippen LogP contribution in [0, 0.1) is 0 Å². The fourth-order valence-electron chi connectivity index (χ4n) is 3.59. The molecule has 1 saturated heterocycles. The minimum Gasteiger partial charge on any atom is -0.490 e. The molecule has 1 heterocycles. The zero-order valence-electron chi connectivity index (χ0n) is 19.4. The van der Waals surface area contributed by atoms with Crippen LogP contribution >= 0.6 is 0 Å². The van der Waals surface area contributed by atoms with Crippen molar-refractivity contribution in [2.45, 2.75) is 26.2 Å². The highest BCUT2D eigenvalue weighted by Crippen LogP contribution is 2.23. The van der Waals surface area contributed by atoms with Crippen molar-refractivity contribution in [3.05, 3.63) is 95.6 Å². The normalized spacial score (nSPS) is 15.4. The number of carbonyl (C=O) groups is 2. The fraction of sp³-hybridized carbons (Fsp3) is 0.214. The molecule has 1 fully saturated rings. The first kappa shape index (κ1) is 23.1. The fourth-order valence-corrected chi connectivity index (χ4v) is 3.59. The first-order chi connectivity index (χ1) is 16.5. The minimum atomic E-state index is -0.427. The summed E-state index contributed by atoms with van der Waals surface area (Å²) in [5, 5.41) is 1.25. The smallest absolute Gasteiger partial charge is 0.282 e. The Morgan fingerprint density at radius 1 is 0.853 bits per heavy atom. The molecule has 2 amide bonds. The van der Waals surface area contributed by atoms with Crippen LogP contribution in [-0.2, 0) is 9.59 Å². The van der Waals surface area contributed by atoms with Crippen molar-refractivity contribution >= 4 is 23.6 Å².